The minimum absolute atomic E-state index is 0.300. The first-order chi connectivity index (χ1) is 11.7. The molecular formula is C17H32N6O. The van der Waals surface area contributed by atoms with Crippen LogP contribution in [0.1, 0.15) is 45.9 Å². The third-order valence-corrected chi connectivity index (χ3v) is 4.04. The molecule has 1 aromatic heterocycles. The summed E-state index contributed by atoms with van der Waals surface area (Å²) >= 11 is 0. The van der Waals surface area contributed by atoms with Crippen LogP contribution >= 0.6 is 0 Å². The molecule has 0 radical (unpaired) electrons. The van der Waals surface area contributed by atoms with Crippen LogP contribution in [0.25, 0.3) is 0 Å². The fourth-order valence-electron chi connectivity index (χ4n) is 2.66. The van der Waals surface area contributed by atoms with Crippen LogP contribution in [0.4, 0.5) is 0 Å². The molecule has 1 saturated heterocycles. The summed E-state index contributed by atoms with van der Waals surface area (Å²) in [6.45, 7) is 10.6. The minimum atomic E-state index is 0.300. The number of aromatic nitrogens is 3. The van der Waals surface area contributed by atoms with E-state index in [1.165, 1.54) is 12.8 Å². The van der Waals surface area contributed by atoms with Crippen molar-refractivity contribution < 1.29 is 4.74 Å². The average molecular weight is 336 g/mol. The summed E-state index contributed by atoms with van der Waals surface area (Å²) in [5, 5.41) is 14.9. The molecule has 2 N–H and O–H groups in total. The van der Waals surface area contributed by atoms with Gasteiger partial charge in [0.2, 0.25) is 0 Å². The molecule has 2 heterocycles. The SMILES string of the molecule is CCc1nncn1CCNC(=NCC(C)C)NCC1CCCCO1. The van der Waals surface area contributed by atoms with E-state index in [0.717, 1.165) is 57.4 Å². The third-order valence-electron chi connectivity index (χ3n) is 4.04. The van der Waals surface area contributed by atoms with Crippen LogP contribution in [0.3, 0.4) is 0 Å². The Morgan fingerprint density at radius 2 is 2.29 bits per heavy atom. The fourth-order valence-corrected chi connectivity index (χ4v) is 2.66. The number of guanidine groups is 1. The highest BCUT2D eigenvalue weighted by molar-refractivity contribution is 5.79. The van der Waals surface area contributed by atoms with Crippen molar-refractivity contribution in [2.45, 2.75) is 59.1 Å². The summed E-state index contributed by atoms with van der Waals surface area (Å²) in [6, 6.07) is 0. The van der Waals surface area contributed by atoms with Crippen LogP contribution < -0.4 is 10.6 Å². The van der Waals surface area contributed by atoms with E-state index < -0.39 is 0 Å². The lowest BCUT2D eigenvalue weighted by Gasteiger charge is -2.24. The first-order valence-corrected chi connectivity index (χ1v) is 9.19. The van der Waals surface area contributed by atoms with E-state index in [9.17, 15) is 0 Å². The van der Waals surface area contributed by atoms with Gasteiger partial charge in [-0.15, -0.1) is 10.2 Å². The van der Waals surface area contributed by atoms with Crippen molar-refractivity contribution in [2.75, 3.05) is 26.2 Å². The third kappa shape index (κ3) is 6.47. The van der Waals surface area contributed by atoms with E-state index in [-0.39, 0.29) is 0 Å². The van der Waals surface area contributed by atoms with E-state index in [2.05, 4.69) is 51.2 Å². The summed E-state index contributed by atoms with van der Waals surface area (Å²) < 4.78 is 7.86. The predicted molar refractivity (Wildman–Crippen MR) is 96.1 cm³/mol. The Balaban J connectivity index is 1.80. The summed E-state index contributed by atoms with van der Waals surface area (Å²) in [7, 11) is 0. The second kappa shape index (κ2) is 10.3. The van der Waals surface area contributed by atoms with Gasteiger partial charge < -0.3 is 19.9 Å². The van der Waals surface area contributed by atoms with Gasteiger partial charge in [0.25, 0.3) is 0 Å². The predicted octanol–water partition coefficient (Wildman–Crippen LogP) is 1.60. The van der Waals surface area contributed by atoms with E-state index in [0.29, 0.717) is 12.0 Å². The van der Waals surface area contributed by atoms with E-state index in [1.807, 2.05) is 0 Å². The van der Waals surface area contributed by atoms with Gasteiger partial charge in [-0.1, -0.05) is 20.8 Å². The van der Waals surface area contributed by atoms with E-state index in [4.69, 9.17) is 4.74 Å². The molecule has 1 aromatic rings. The first-order valence-electron chi connectivity index (χ1n) is 9.19. The highest BCUT2D eigenvalue weighted by atomic mass is 16.5. The lowest BCUT2D eigenvalue weighted by atomic mass is 10.1. The maximum Gasteiger partial charge on any atom is 0.191 e. The number of hydrogen-bond acceptors (Lipinski definition) is 4. The molecule has 0 saturated carbocycles. The van der Waals surface area contributed by atoms with Gasteiger partial charge >= 0.3 is 0 Å². The van der Waals surface area contributed by atoms with Crippen LogP contribution in [0.15, 0.2) is 11.3 Å². The van der Waals surface area contributed by atoms with Gasteiger partial charge in [0, 0.05) is 39.2 Å². The minimum Gasteiger partial charge on any atom is -0.376 e. The quantitative estimate of drug-likeness (QED) is 0.557. The number of nitrogens with zero attached hydrogens (tertiary/aromatic N) is 4. The Hall–Kier alpha value is -1.63. The molecule has 2 rings (SSSR count). The number of nitrogens with one attached hydrogen (secondary N) is 2. The van der Waals surface area contributed by atoms with Crippen LogP contribution in [-0.4, -0.2) is 53.1 Å². The Labute approximate surface area is 145 Å². The Kier molecular flexibility index (Phi) is 8.01. The van der Waals surface area contributed by atoms with Crippen molar-refractivity contribution in [2.24, 2.45) is 10.9 Å². The molecular weight excluding hydrogens is 304 g/mol. The van der Waals surface area contributed by atoms with Crippen molar-refractivity contribution in [1.82, 2.24) is 25.4 Å². The molecule has 1 aliphatic heterocycles. The molecule has 0 amide bonds. The smallest absolute Gasteiger partial charge is 0.191 e. The zero-order chi connectivity index (χ0) is 17.2. The molecule has 7 nitrogen and oxygen atoms in total. The number of aliphatic imine (C=N–C) groups is 1. The topological polar surface area (TPSA) is 76.4 Å². The normalized spacial score (nSPS) is 18.8. The van der Waals surface area contributed by atoms with Crippen LogP contribution in [-0.2, 0) is 17.7 Å². The highest BCUT2D eigenvalue weighted by Gasteiger charge is 2.14. The molecule has 24 heavy (non-hydrogen) atoms. The van der Waals surface area contributed by atoms with Crippen molar-refractivity contribution in [3.05, 3.63) is 12.2 Å². The van der Waals surface area contributed by atoms with Crippen LogP contribution in [0, 0.1) is 5.92 Å². The van der Waals surface area contributed by atoms with Gasteiger partial charge in [0.1, 0.15) is 12.2 Å². The Bertz CT molecular complexity index is 493. The van der Waals surface area contributed by atoms with E-state index >= 15 is 0 Å². The molecule has 0 aromatic carbocycles. The van der Waals surface area contributed by atoms with Gasteiger partial charge in [-0.2, -0.15) is 0 Å². The lowest BCUT2D eigenvalue weighted by molar-refractivity contribution is 0.0194. The molecule has 7 heteroatoms. The maximum absolute atomic E-state index is 5.78. The van der Waals surface area contributed by atoms with Gasteiger partial charge in [-0.25, -0.2) is 0 Å². The molecule has 1 fully saturated rings. The van der Waals surface area contributed by atoms with E-state index in [1.54, 1.807) is 6.33 Å². The summed E-state index contributed by atoms with van der Waals surface area (Å²) in [4.78, 5) is 4.67. The zero-order valence-electron chi connectivity index (χ0n) is 15.3. The van der Waals surface area contributed by atoms with Crippen molar-refractivity contribution in [1.29, 1.82) is 0 Å². The molecule has 0 bridgehead atoms. The lowest BCUT2D eigenvalue weighted by Crippen LogP contribution is -2.43. The number of rotatable bonds is 8. The summed E-state index contributed by atoms with van der Waals surface area (Å²) in [5.41, 5.74) is 0. The monoisotopic (exact) mass is 336 g/mol. The Morgan fingerprint density at radius 3 is 3.00 bits per heavy atom. The number of aryl methyl sites for hydroxylation is 1. The largest absolute Gasteiger partial charge is 0.376 e. The number of ether oxygens (including phenoxy) is 1. The molecule has 1 unspecified atom stereocenters. The summed E-state index contributed by atoms with van der Waals surface area (Å²) in [5.74, 6) is 2.42. The van der Waals surface area contributed by atoms with Crippen LogP contribution in [0.2, 0.25) is 0 Å². The second-order valence-corrected chi connectivity index (χ2v) is 6.67. The van der Waals surface area contributed by atoms with Gasteiger partial charge in [-0.05, 0) is 25.2 Å². The average Bonchev–Trinajstić information content (AvgIpc) is 3.05. The number of hydrogen-bond donors (Lipinski definition) is 2. The molecule has 0 spiro atoms. The molecule has 0 aliphatic carbocycles. The van der Waals surface area contributed by atoms with Gasteiger partial charge in [0.15, 0.2) is 5.96 Å². The molecule has 1 aliphatic rings. The first kappa shape index (κ1) is 18.7. The maximum atomic E-state index is 5.78. The zero-order valence-corrected chi connectivity index (χ0v) is 15.3. The fraction of sp³-hybridized carbons (Fsp3) is 0.824. The Morgan fingerprint density at radius 1 is 1.42 bits per heavy atom. The second-order valence-electron chi connectivity index (χ2n) is 6.67. The van der Waals surface area contributed by atoms with Crippen molar-refractivity contribution in [3.63, 3.8) is 0 Å². The van der Waals surface area contributed by atoms with Crippen molar-refractivity contribution >= 4 is 5.96 Å². The summed E-state index contributed by atoms with van der Waals surface area (Å²) in [6.07, 6.45) is 6.55. The highest BCUT2D eigenvalue weighted by Crippen LogP contribution is 2.11. The van der Waals surface area contributed by atoms with Crippen molar-refractivity contribution in [3.8, 4) is 0 Å². The standard InChI is InChI=1S/C17H32N6O/c1-4-16-22-21-13-23(16)9-8-18-17(19-11-14(2)3)20-12-15-7-5-6-10-24-15/h13-15H,4-12H2,1-3H3,(H2,18,19,20). The molecule has 136 valence electrons. The molecule has 1 atom stereocenters. The van der Waals surface area contributed by atoms with Gasteiger partial charge in [0.05, 0.1) is 6.10 Å². The van der Waals surface area contributed by atoms with Gasteiger partial charge in [-0.3, -0.25) is 4.99 Å². The van der Waals surface area contributed by atoms with Crippen LogP contribution in [0.5, 0.6) is 0 Å².